The molecular weight excluding hydrogens is 377 g/mol. The Kier molecular flexibility index (Phi) is 4.97. The molecule has 3 rings (SSSR count). The summed E-state index contributed by atoms with van der Waals surface area (Å²) in [7, 11) is 0. The van der Waals surface area contributed by atoms with Crippen LogP contribution in [0.5, 0.6) is 17.2 Å². The molecule has 5 nitrogen and oxygen atoms in total. The minimum atomic E-state index is -4.75. The monoisotopic (exact) mass is 394 g/mol. The number of rotatable bonds is 4. The Morgan fingerprint density at radius 1 is 0.857 bits per heavy atom. The smallest absolute Gasteiger partial charge is 0.457 e. The lowest BCUT2D eigenvalue weighted by Crippen LogP contribution is -2.35. The summed E-state index contributed by atoms with van der Waals surface area (Å²) in [6.07, 6.45) is -4.75. The molecule has 148 valence electrons. The second kappa shape index (κ2) is 7.10. The lowest BCUT2D eigenvalue weighted by atomic mass is 10.0. The van der Waals surface area contributed by atoms with Gasteiger partial charge in [0.1, 0.15) is 28.6 Å². The van der Waals surface area contributed by atoms with Gasteiger partial charge in [-0.25, -0.2) is 4.79 Å². The Morgan fingerprint density at radius 3 is 1.86 bits per heavy atom. The van der Waals surface area contributed by atoms with Crippen LogP contribution < -0.4 is 9.47 Å². The van der Waals surface area contributed by atoms with Crippen LogP contribution in [0.1, 0.15) is 26.3 Å². The predicted molar refractivity (Wildman–Crippen MR) is 93.5 cm³/mol. The molecule has 0 N–H and O–H groups in total. The fraction of sp³-hybridized carbons (Fsp3) is 0.250. The number of carbonyl (C=O) groups excluding carboxylic acids is 1. The topological polar surface area (TPSA) is 54.0 Å². The zero-order valence-electron chi connectivity index (χ0n) is 15.3. The highest BCUT2D eigenvalue weighted by molar-refractivity contribution is 6.17. The molecule has 0 aromatic heterocycles. The number of ether oxygens (including phenoxy) is 4. The van der Waals surface area contributed by atoms with Crippen LogP contribution in [0, 0.1) is 0 Å². The second-order valence-electron chi connectivity index (χ2n) is 6.47. The summed E-state index contributed by atoms with van der Waals surface area (Å²) in [5.41, 5.74) is 0.916. The fourth-order valence-electron chi connectivity index (χ4n) is 2.71. The van der Waals surface area contributed by atoms with Gasteiger partial charge in [0.2, 0.25) is 5.79 Å². The maximum atomic E-state index is 12.2. The van der Waals surface area contributed by atoms with Gasteiger partial charge in [-0.1, -0.05) is 12.1 Å². The largest absolute Gasteiger partial charge is 0.573 e. The van der Waals surface area contributed by atoms with E-state index in [1.54, 1.807) is 45.0 Å². The van der Waals surface area contributed by atoms with Gasteiger partial charge in [-0.05, 0) is 48.9 Å². The van der Waals surface area contributed by atoms with Gasteiger partial charge in [-0.2, -0.15) is 0 Å². The van der Waals surface area contributed by atoms with E-state index in [1.807, 2.05) is 0 Å². The number of hydrogen-bond donors (Lipinski definition) is 0. The first-order valence-corrected chi connectivity index (χ1v) is 8.30. The van der Waals surface area contributed by atoms with E-state index >= 15 is 0 Å². The number of cyclic esters (lactones) is 1. The zero-order valence-corrected chi connectivity index (χ0v) is 15.3. The maximum absolute atomic E-state index is 12.2. The fourth-order valence-corrected chi connectivity index (χ4v) is 2.71. The van der Waals surface area contributed by atoms with Crippen molar-refractivity contribution in [2.24, 2.45) is 0 Å². The molecule has 0 radical (unpaired) electrons. The summed E-state index contributed by atoms with van der Waals surface area (Å²) in [5.74, 6) is -0.610. The van der Waals surface area contributed by atoms with Crippen molar-refractivity contribution in [1.82, 2.24) is 0 Å². The minimum absolute atomic E-state index is 0.319. The number of alkyl halides is 3. The normalized spacial score (nSPS) is 16.3. The van der Waals surface area contributed by atoms with Crippen LogP contribution in [0.3, 0.4) is 0 Å². The quantitative estimate of drug-likeness (QED) is 0.649. The van der Waals surface area contributed by atoms with E-state index in [-0.39, 0.29) is 5.75 Å². The molecule has 1 heterocycles. The van der Waals surface area contributed by atoms with E-state index in [0.717, 1.165) is 12.1 Å². The van der Waals surface area contributed by atoms with E-state index in [4.69, 9.17) is 14.2 Å². The lowest BCUT2D eigenvalue weighted by Gasteiger charge is -2.32. The molecule has 0 spiro atoms. The molecule has 8 heteroatoms. The first-order chi connectivity index (χ1) is 13.0. The van der Waals surface area contributed by atoms with Crippen LogP contribution in [-0.2, 0) is 14.3 Å². The molecule has 0 unspecified atom stereocenters. The molecule has 2 aromatic rings. The van der Waals surface area contributed by atoms with E-state index in [9.17, 15) is 18.0 Å². The first-order valence-electron chi connectivity index (χ1n) is 8.30. The van der Waals surface area contributed by atoms with E-state index in [0.29, 0.717) is 28.4 Å². The Labute approximate surface area is 159 Å². The number of esters is 1. The third-order valence-corrected chi connectivity index (χ3v) is 3.73. The van der Waals surface area contributed by atoms with Gasteiger partial charge < -0.3 is 18.9 Å². The van der Waals surface area contributed by atoms with Gasteiger partial charge in [0.25, 0.3) is 0 Å². The highest BCUT2D eigenvalue weighted by Gasteiger charge is 2.34. The minimum Gasteiger partial charge on any atom is -0.457 e. The average molecular weight is 394 g/mol. The van der Waals surface area contributed by atoms with Crippen molar-refractivity contribution in [3.05, 3.63) is 59.9 Å². The Hall–Kier alpha value is -3.16. The maximum Gasteiger partial charge on any atom is 0.573 e. The molecule has 2 aromatic carbocycles. The van der Waals surface area contributed by atoms with Crippen LogP contribution >= 0.6 is 0 Å². The van der Waals surface area contributed by atoms with Crippen LogP contribution in [0.4, 0.5) is 13.2 Å². The van der Waals surface area contributed by atoms with Crippen molar-refractivity contribution in [2.75, 3.05) is 0 Å². The number of benzene rings is 2. The average Bonchev–Trinajstić information content (AvgIpc) is 2.55. The highest BCUT2D eigenvalue weighted by Crippen LogP contribution is 2.33. The summed E-state index contributed by atoms with van der Waals surface area (Å²) < 4.78 is 56.8. The number of carbonyl (C=O) groups is 1. The van der Waals surface area contributed by atoms with Crippen LogP contribution in [0.2, 0.25) is 0 Å². The van der Waals surface area contributed by atoms with E-state index < -0.39 is 18.1 Å². The van der Waals surface area contributed by atoms with Gasteiger partial charge in [-0.15, -0.1) is 13.2 Å². The van der Waals surface area contributed by atoms with Gasteiger partial charge in [-0.3, -0.25) is 0 Å². The van der Waals surface area contributed by atoms with Crippen molar-refractivity contribution in [3.63, 3.8) is 0 Å². The van der Waals surface area contributed by atoms with Crippen LogP contribution in [0.25, 0.3) is 5.57 Å². The Bertz CT molecular complexity index is 897. The summed E-state index contributed by atoms with van der Waals surface area (Å²) >= 11 is 0. The predicted octanol–water partition coefficient (Wildman–Crippen LogP) is 5.42. The molecule has 0 aliphatic carbocycles. The van der Waals surface area contributed by atoms with Crippen LogP contribution in [-0.4, -0.2) is 18.1 Å². The molecule has 0 bridgehead atoms. The van der Waals surface area contributed by atoms with Crippen molar-refractivity contribution >= 4 is 11.5 Å². The summed E-state index contributed by atoms with van der Waals surface area (Å²) in [4.78, 5) is 12.2. The van der Waals surface area contributed by atoms with E-state index in [2.05, 4.69) is 4.74 Å². The second-order valence-corrected chi connectivity index (χ2v) is 6.47. The third-order valence-electron chi connectivity index (χ3n) is 3.73. The molecule has 28 heavy (non-hydrogen) atoms. The van der Waals surface area contributed by atoms with Crippen molar-refractivity contribution in [3.8, 4) is 17.2 Å². The molecule has 0 saturated carbocycles. The van der Waals surface area contributed by atoms with Gasteiger partial charge in [0, 0.05) is 13.8 Å². The number of hydrogen-bond acceptors (Lipinski definition) is 5. The third kappa shape index (κ3) is 4.76. The lowest BCUT2D eigenvalue weighted by molar-refractivity contribution is -0.274. The molecule has 1 aliphatic rings. The van der Waals surface area contributed by atoms with Crippen molar-refractivity contribution in [1.29, 1.82) is 0 Å². The summed E-state index contributed by atoms with van der Waals surface area (Å²) in [6.45, 7) is 4.98. The summed E-state index contributed by atoms with van der Waals surface area (Å²) in [5, 5.41) is 0. The zero-order chi connectivity index (χ0) is 20.5. The van der Waals surface area contributed by atoms with Crippen molar-refractivity contribution in [2.45, 2.75) is 32.9 Å². The molecule has 1 aliphatic heterocycles. The number of allylic oxidation sites excluding steroid dienone is 1. The molecule has 0 atom stereocenters. The molecule has 0 amide bonds. The standard InChI is InChI=1S/C20H17F3O5/c1-12-17(18(24)28-19(2,3)26-12)13-4-6-14(7-5-13)25-15-8-10-16(11-9-15)27-20(21,22)23/h4-11H,1-3H3. The molecule has 0 saturated heterocycles. The van der Waals surface area contributed by atoms with Crippen molar-refractivity contribution < 1.29 is 36.9 Å². The number of halogens is 3. The SMILES string of the molecule is CC1=C(c2ccc(Oc3ccc(OC(F)(F)F)cc3)cc2)C(=O)OC(C)(C)O1. The highest BCUT2D eigenvalue weighted by atomic mass is 19.4. The van der Waals surface area contributed by atoms with Crippen LogP contribution in [0.15, 0.2) is 54.3 Å². The Balaban J connectivity index is 1.72. The first kappa shape index (κ1) is 19.6. The molecular formula is C20H17F3O5. The van der Waals surface area contributed by atoms with E-state index in [1.165, 1.54) is 12.1 Å². The van der Waals surface area contributed by atoms with Gasteiger partial charge >= 0.3 is 12.3 Å². The summed E-state index contributed by atoms with van der Waals surface area (Å²) in [6, 6.07) is 11.6. The molecule has 0 fully saturated rings. The Morgan fingerprint density at radius 2 is 1.36 bits per heavy atom. The van der Waals surface area contributed by atoms with Gasteiger partial charge in [0.05, 0.1) is 0 Å². The van der Waals surface area contributed by atoms with Gasteiger partial charge in [0.15, 0.2) is 0 Å².